The summed E-state index contributed by atoms with van der Waals surface area (Å²) >= 11 is 0. The van der Waals surface area contributed by atoms with Gasteiger partial charge in [0, 0.05) is 44.0 Å². The van der Waals surface area contributed by atoms with E-state index in [4.69, 9.17) is 4.98 Å². The van der Waals surface area contributed by atoms with E-state index in [1.165, 1.54) is 6.42 Å². The Balaban J connectivity index is 1.49. The maximum Gasteiger partial charge on any atom is 0.255 e. The number of para-hydroxylation sites is 1. The van der Waals surface area contributed by atoms with Crippen molar-refractivity contribution in [2.75, 3.05) is 25.5 Å². The Morgan fingerprint density at radius 2 is 2.00 bits per heavy atom. The van der Waals surface area contributed by atoms with E-state index in [9.17, 15) is 4.79 Å². The predicted molar refractivity (Wildman–Crippen MR) is 117 cm³/mol. The summed E-state index contributed by atoms with van der Waals surface area (Å²) in [6.07, 6.45) is 6.84. The highest BCUT2D eigenvalue weighted by molar-refractivity contribution is 5.97. The normalized spacial score (nSPS) is 16.8. The van der Waals surface area contributed by atoms with Gasteiger partial charge in [-0.3, -0.25) is 9.78 Å². The van der Waals surface area contributed by atoms with Crippen molar-refractivity contribution in [1.29, 1.82) is 0 Å². The molecule has 3 heterocycles. The first-order chi connectivity index (χ1) is 14.1. The lowest BCUT2D eigenvalue weighted by Crippen LogP contribution is -2.44. The number of aromatic nitrogens is 2. The van der Waals surface area contributed by atoms with E-state index < -0.39 is 0 Å². The number of benzene rings is 1. The van der Waals surface area contributed by atoms with Crippen molar-refractivity contribution in [1.82, 2.24) is 14.9 Å². The summed E-state index contributed by atoms with van der Waals surface area (Å²) in [7, 11) is 4.01. The molecule has 5 nitrogen and oxygen atoms in total. The van der Waals surface area contributed by atoms with E-state index in [1.54, 1.807) is 6.20 Å². The van der Waals surface area contributed by atoms with Crippen LogP contribution in [-0.2, 0) is 6.42 Å². The lowest BCUT2D eigenvalue weighted by Gasteiger charge is -2.36. The molecule has 3 aromatic rings. The van der Waals surface area contributed by atoms with Gasteiger partial charge in [-0.05, 0) is 56.4 Å². The summed E-state index contributed by atoms with van der Waals surface area (Å²) in [5.41, 5.74) is 2.69. The van der Waals surface area contributed by atoms with Crippen molar-refractivity contribution in [2.24, 2.45) is 0 Å². The van der Waals surface area contributed by atoms with Crippen LogP contribution >= 0.6 is 0 Å². The van der Waals surface area contributed by atoms with Gasteiger partial charge >= 0.3 is 0 Å². The maximum absolute atomic E-state index is 13.3. The van der Waals surface area contributed by atoms with Crippen LogP contribution in [0.25, 0.3) is 10.9 Å². The number of nitrogens with zero attached hydrogens (tertiary/aromatic N) is 4. The van der Waals surface area contributed by atoms with Gasteiger partial charge in [0.15, 0.2) is 0 Å². The van der Waals surface area contributed by atoms with Crippen LogP contribution in [0.5, 0.6) is 0 Å². The molecular weight excluding hydrogens is 360 g/mol. The standard InChI is InChI=1S/C24H28N4O/c1-27(2)23-12-7-9-20(26-23)13-14-21-10-5-6-15-28(21)24(29)19-16-18-8-3-4-11-22(18)25-17-19/h3-4,7-9,11-12,16-17,21H,5-6,10,13-15H2,1-2H3/t21-/m1/s1. The van der Waals surface area contributed by atoms with Gasteiger partial charge in [-0.2, -0.15) is 0 Å². The van der Waals surface area contributed by atoms with Crippen molar-refractivity contribution in [3.63, 3.8) is 0 Å². The van der Waals surface area contributed by atoms with Gasteiger partial charge < -0.3 is 9.80 Å². The summed E-state index contributed by atoms with van der Waals surface area (Å²) in [5, 5.41) is 1.01. The number of fused-ring (bicyclic) bond motifs is 1. The maximum atomic E-state index is 13.3. The first-order valence-electron chi connectivity index (χ1n) is 10.4. The Hall–Kier alpha value is -2.95. The monoisotopic (exact) mass is 388 g/mol. The second kappa shape index (κ2) is 8.60. The quantitative estimate of drug-likeness (QED) is 0.653. The molecule has 1 aromatic carbocycles. The van der Waals surface area contributed by atoms with Gasteiger partial charge in [0.05, 0.1) is 11.1 Å². The minimum atomic E-state index is 0.1000. The van der Waals surface area contributed by atoms with E-state index in [2.05, 4.69) is 22.0 Å². The van der Waals surface area contributed by atoms with Crippen molar-refractivity contribution < 1.29 is 4.79 Å². The van der Waals surface area contributed by atoms with Gasteiger partial charge in [-0.25, -0.2) is 4.98 Å². The average Bonchev–Trinajstić information content (AvgIpc) is 2.77. The number of likely N-dealkylation sites (tertiary alicyclic amines) is 1. The van der Waals surface area contributed by atoms with Gasteiger partial charge in [-0.1, -0.05) is 24.3 Å². The highest BCUT2D eigenvalue weighted by Crippen LogP contribution is 2.24. The molecule has 1 amide bonds. The van der Waals surface area contributed by atoms with E-state index in [1.807, 2.05) is 55.4 Å². The molecule has 1 aliphatic heterocycles. The smallest absolute Gasteiger partial charge is 0.255 e. The molecule has 0 saturated carbocycles. The van der Waals surface area contributed by atoms with Crippen LogP contribution in [0.1, 0.15) is 41.7 Å². The van der Waals surface area contributed by atoms with E-state index in [0.717, 1.165) is 54.6 Å². The molecule has 0 N–H and O–H groups in total. The second-order valence-electron chi connectivity index (χ2n) is 7.99. The summed E-state index contributed by atoms with van der Waals surface area (Å²) in [5.74, 6) is 1.07. The molecule has 0 bridgehead atoms. The van der Waals surface area contributed by atoms with Gasteiger partial charge in [0.1, 0.15) is 5.82 Å². The van der Waals surface area contributed by atoms with Crippen LogP contribution < -0.4 is 4.90 Å². The minimum absolute atomic E-state index is 0.1000. The predicted octanol–water partition coefficient (Wildman–Crippen LogP) is 4.32. The molecule has 29 heavy (non-hydrogen) atoms. The van der Waals surface area contributed by atoms with Crippen molar-refractivity contribution in [2.45, 2.75) is 38.1 Å². The SMILES string of the molecule is CN(C)c1cccc(CC[C@H]2CCCCN2C(=O)c2cnc3ccccc3c2)n1. The highest BCUT2D eigenvalue weighted by Gasteiger charge is 2.27. The number of carbonyl (C=O) groups excluding carboxylic acids is 1. The number of rotatable bonds is 5. The third kappa shape index (κ3) is 4.39. The molecule has 1 atom stereocenters. The summed E-state index contributed by atoms with van der Waals surface area (Å²) in [6, 6.07) is 16.3. The Morgan fingerprint density at radius 1 is 1.14 bits per heavy atom. The molecule has 0 aliphatic carbocycles. The molecule has 0 spiro atoms. The molecule has 1 aliphatic rings. The number of piperidine rings is 1. The number of hydrogen-bond donors (Lipinski definition) is 0. The van der Waals surface area contributed by atoms with Crippen molar-refractivity contribution >= 4 is 22.6 Å². The molecule has 2 aromatic heterocycles. The fourth-order valence-electron chi connectivity index (χ4n) is 4.09. The van der Waals surface area contributed by atoms with Crippen molar-refractivity contribution in [3.05, 3.63) is 66.0 Å². The van der Waals surface area contributed by atoms with Gasteiger partial charge in [0.2, 0.25) is 0 Å². The largest absolute Gasteiger partial charge is 0.363 e. The summed E-state index contributed by atoms with van der Waals surface area (Å²) < 4.78 is 0. The van der Waals surface area contributed by atoms with Gasteiger partial charge in [0.25, 0.3) is 5.91 Å². The molecule has 4 rings (SSSR count). The Kier molecular flexibility index (Phi) is 5.74. The second-order valence-corrected chi connectivity index (χ2v) is 7.99. The fraction of sp³-hybridized carbons (Fsp3) is 0.375. The molecule has 150 valence electrons. The Morgan fingerprint density at radius 3 is 2.86 bits per heavy atom. The molecule has 1 fully saturated rings. The van der Waals surface area contributed by atoms with Crippen molar-refractivity contribution in [3.8, 4) is 0 Å². The summed E-state index contributed by atoms with van der Waals surface area (Å²) in [6.45, 7) is 0.821. The third-order valence-corrected chi connectivity index (χ3v) is 5.71. The van der Waals surface area contributed by atoms with Crippen LogP contribution in [-0.4, -0.2) is 47.5 Å². The lowest BCUT2D eigenvalue weighted by molar-refractivity contribution is 0.0601. The lowest BCUT2D eigenvalue weighted by atomic mass is 9.96. The van der Waals surface area contributed by atoms with Crippen LogP contribution in [0.3, 0.4) is 0 Å². The van der Waals surface area contributed by atoms with Gasteiger partial charge in [-0.15, -0.1) is 0 Å². The van der Waals surface area contributed by atoms with Crippen LogP contribution in [0.15, 0.2) is 54.7 Å². The van der Waals surface area contributed by atoms with Crippen LogP contribution in [0.2, 0.25) is 0 Å². The first-order valence-corrected chi connectivity index (χ1v) is 10.4. The third-order valence-electron chi connectivity index (χ3n) is 5.71. The minimum Gasteiger partial charge on any atom is -0.363 e. The number of anilines is 1. The molecular formula is C24H28N4O. The fourth-order valence-corrected chi connectivity index (χ4v) is 4.09. The molecule has 0 unspecified atom stereocenters. The zero-order valence-corrected chi connectivity index (χ0v) is 17.2. The van der Waals surface area contributed by atoms with Crippen LogP contribution in [0, 0.1) is 0 Å². The number of hydrogen-bond acceptors (Lipinski definition) is 4. The first kappa shape index (κ1) is 19.4. The number of pyridine rings is 2. The van der Waals surface area contributed by atoms with E-state index in [-0.39, 0.29) is 11.9 Å². The number of carbonyl (C=O) groups is 1. The Bertz CT molecular complexity index is 1000. The zero-order valence-electron chi connectivity index (χ0n) is 17.2. The topological polar surface area (TPSA) is 49.3 Å². The molecule has 1 saturated heterocycles. The number of amides is 1. The van der Waals surface area contributed by atoms with E-state index >= 15 is 0 Å². The molecule has 5 heteroatoms. The number of aryl methyl sites for hydroxylation is 1. The Labute approximate surface area is 172 Å². The average molecular weight is 389 g/mol. The zero-order chi connectivity index (χ0) is 20.2. The summed E-state index contributed by atoms with van der Waals surface area (Å²) in [4.78, 5) is 26.6. The molecule has 0 radical (unpaired) electrons. The van der Waals surface area contributed by atoms with E-state index in [0.29, 0.717) is 5.56 Å². The highest BCUT2D eigenvalue weighted by atomic mass is 16.2. The van der Waals surface area contributed by atoms with Crippen LogP contribution in [0.4, 0.5) is 5.82 Å².